The summed E-state index contributed by atoms with van der Waals surface area (Å²) in [5.41, 5.74) is 0. The van der Waals surface area contributed by atoms with E-state index in [2.05, 4.69) is 107 Å². The van der Waals surface area contributed by atoms with Crippen LogP contribution in [0.2, 0.25) is 0 Å². The molecule has 0 saturated carbocycles. The number of alkyl halides is 1. The Kier molecular flexibility index (Phi) is 4.37. The summed E-state index contributed by atoms with van der Waals surface area (Å²) < 4.78 is 0. The lowest BCUT2D eigenvalue weighted by Gasteiger charge is -2.31. The Labute approximate surface area is 135 Å². The third-order valence-electron chi connectivity index (χ3n) is 4.00. The molecule has 0 aromatic heterocycles. The second-order valence-corrected chi connectivity index (χ2v) is 10.6. The summed E-state index contributed by atoms with van der Waals surface area (Å²) in [7, 11) is -1.98. The smallest absolute Gasteiger partial charge is 0.0951 e. The first-order valence-corrected chi connectivity index (χ1v) is 10.4. The van der Waals surface area contributed by atoms with Gasteiger partial charge in [-0.15, -0.1) is 0 Å². The van der Waals surface area contributed by atoms with Crippen molar-refractivity contribution in [1.82, 2.24) is 0 Å². The monoisotopic (exact) mass is 352 g/mol. The van der Waals surface area contributed by atoms with E-state index in [1.807, 2.05) is 0 Å². The van der Waals surface area contributed by atoms with E-state index in [4.69, 9.17) is 0 Å². The highest BCUT2D eigenvalue weighted by Crippen LogP contribution is 2.10. The van der Waals surface area contributed by atoms with Crippen LogP contribution < -0.4 is 15.6 Å². The van der Waals surface area contributed by atoms with E-state index in [1.54, 1.807) is 0 Å². The summed E-state index contributed by atoms with van der Waals surface area (Å²) in [5.74, 6) is 0. The van der Waals surface area contributed by atoms with Crippen LogP contribution in [0, 0.1) is 0 Å². The molecule has 0 aliphatic heterocycles. The molecule has 0 saturated heterocycles. The van der Waals surface area contributed by atoms with Gasteiger partial charge >= 0.3 is 0 Å². The zero-order valence-corrected chi connectivity index (χ0v) is 14.3. The largest absolute Gasteiger partial charge is 0.158 e. The van der Waals surface area contributed by atoms with Crippen molar-refractivity contribution in [2.45, 2.75) is 0 Å². The summed E-state index contributed by atoms with van der Waals surface area (Å²) >= 11 is 3.84. The van der Waals surface area contributed by atoms with Gasteiger partial charge in [0, 0.05) is 4.95 Å². The van der Waals surface area contributed by atoms with Gasteiger partial charge in [0.15, 0.2) is 8.07 Å². The Morgan fingerprint density at radius 1 is 0.524 bits per heavy atom. The summed E-state index contributed by atoms with van der Waals surface area (Å²) in [5, 5.41) is 4.33. The maximum Gasteiger partial charge on any atom is 0.158 e. The van der Waals surface area contributed by atoms with Gasteiger partial charge in [-0.05, 0) is 15.6 Å². The van der Waals surface area contributed by atoms with Gasteiger partial charge in [-0.25, -0.2) is 0 Å². The molecule has 21 heavy (non-hydrogen) atoms. The highest BCUT2D eigenvalue weighted by molar-refractivity contribution is 9.09. The molecule has 0 aliphatic carbocycles. The van der Waals surface area contributed by atoms with Crippen LogP contribution in [0.4, 0.5) is 0 Å². The summed E-state index contributed by atoms with van der Waals surface area (Å²) in [4.78, 5) is 0.984. The molecular weight excluding hydrogens is 336 g/mol. The Hall–Kier alpha value is -1.64. The van der Waals surface area contributed by atoms with Crippen LogP contribution in [0.15, 0.2) is 91.0 Å². The quantitative estimate of drug-likeness (QED) is 0.384. The van der Waals surface area contributed by atoms with Gasteiger partial charge in [0.25, 0.3) is 0 Å². The molecule has 0 radical (unpaired) electrons. The van der Waals surface area contributed by atoms with Crippen molar-refractivity contribution in [2.24, 2.45) is 0 Å². The van der Waals surface area contributed by atoms with Crippen LogP contribution in [0.25, 0.3) is 0 Å². The Morgan fingerprint density at radius 3 is 1.05 bits per heavy atom. The van der Waals surface area contributed by atoms with E-state index in [-0.39, 0.29) is 0 Å². The van der Waals surface area contributed by atoms with Crippen molar-refractivity contribution in [1.29, 1.82) is 0 Å². The van der Waals surface area contributed by atoms with Gasteiger partial charge in [0.1, 0.15) is 0 Å². The topological polar surface area (TPSA) is 0 Å². The predicted molar refractivity (Wildman–Crippen MR) is 97.8 cm³/mol. The number of halogens is 1. The maximum atomic E-state index is 3.84. The normalized spacial score (nSPS) is 11.3. The van der Waals surface area contributed by atoms with E-state index in [9.17, 15) is 0 Å². The summed E-state index contributed by atoms with van der Waals surface area (Å²) in [6, 6.07) is 32.8. The lowest BCUT2D eigenvalue weighted by Crippen LogP contribution is -2.68. The second-order valence-electron chi connectivity index (χ2n) is 5.14. The minimum Gasteiger partial charge on any atom is -0.0951 e. The molecule has 0 fully saturated rings. The first-order chi connectivity index (χ1) is 10.4. The van der Waals surface area contributed by atoms with Crippen molar-refractivity contribution in [3.63, 3.8) is 0 Å². The lowest BCUT2D eigenvalue weighted by atomic mass is 10.3. The number of hydrogen-bond donors (Lipinski definition) is 0. The van der Waals surface area contributed by atoms with E-state index in [0.717, 1.165) is 4.95 Å². The first kappa shape index (κ1) is 14.3. The Morgan fingerprint density at radius 2 is 0.810 bits per heavy atom. The number of benzene rings is 3. The van der Waals surface area contributed by atoms with Gasteiger partial charge in [-0.3, -0.25) is 0 Å². The molecule has 0 N–H and O–H groups in total. The van der Waals surface area contributed by atoms with Crippen molar-refractivity contribution < 1.29 is 0 Å². The third kappa shape index (κ3) is 2.61. The molecule has 0 atom stereocenters. The minimum absolute atomic E-state index is 0.984. The molecule has 3 rings (SSSR count). The lowest BCUT2D eigenvalue weighted by molar-refractivity contribution is 1.66. The van der Waals surface area contributed by atoms with E-state index < -0.39 is 8.07 Å². The highest BCUT2D eigenvalue weighted by Gasteiger charge is 2.37. The summed E-state index contributed by atoms with van der Waals surface area (Å²) in [6.45, 7) is 0. The van der Waals surface area contributed by atoms with Gasteiger partial charge in [0.2, 0.25) is 0 Å². The molecule has 104 valence electrons. The Balaban J connectivity index is 2.29. The average Bonchev–Trinajstić information content (AvgIpc) is 2.59. The van der Waals surface area contributed by atoms with Crippen molar-refractivity contribution in [2.75, 3.05) is 4.95 Å². The SMILES string of the molecule is BrC[Si](c1ccccc1)(c1ccccc1)c1ccccc1. The zero-order valence-electron chi connectivity index (χ0n) is 11.7. The fourth-order valence-electron chi connectivity index (χ4n) is 2.90. The van der Waals surface area contributed by atoms with Crippen LogP contribution in [0.5, 0.6) is 0 Å². The molecule has 0 nitrogen and oxygen atoms in total. The minimum atomic E-state index is -1.98. The highest BCUT2D eigenvalue weighted by atomic mass is 79.9. The molecule has 0 spiro atoms. The fraction of sp³-hybridized carbons (Fsp3) is 0.0526. The standard InChI is InChI=1S/C19H17BrSi/c20-16-21(17-10-4-1-5-11-17,18-12-6-2-7-13-18)19-14-8-3-9-15-19/h1-15H,16H2. The molecule has 0 unspecified atom stereocenters. The van der Waals surface area contributed by atoms with Crippen LogP contribution in [-0.4, -0.2) is 13.0 Å². The van der Waals surface area contributed by atoms with Gasteiger partial charge < -0.3 is 0 Å². The van der Waals surface area contributed by atoms with Crippen LogP contribution in [-0.2, 0) is 0 Å². The van der Waals surface area contributed by atoms with Crippen LogP contribution in [0.1, 0.15) is 0 Å². The fourth-order valence-corrected chi connectivity index (χ4v) is 9.56. The van der Waals surface area contributed by atoms with Crippen LogP contribution >= 0.6 is 15.9 Å². The molecule has 0 aliphatic rings. The van der Waals surface area contributed by atoms with Crippen molar-refractivity contribution >= 4 is 39.6 Å². The second kappa shape index (κ2) is 6.42. The van der Waals surface area contributed by atoms with E-state index >= 15 is 0 Å². The van der Waals surface area contributed by atoms with E-state index in [1.165, 1.54) is 15.6 Å². The molecule has 3 aromatic rings. The van der Waals surface area contributed by atoms with E-state index in [0.29, 0.717) is 0 Å². The maximum absolute atomic E-state index is 3.84. The first-order valence-electron chi connectivity index (χ1n) is 7.10. The van der Waals surface area contributed by atoms with Crippen LogP contribution in [0.3, 0.4) is 0 Å². The molecule has 0 amide bonds. The average molecular weight is 353 g/mol. The van der Waals surface area contributed by atoms with Crippen molar-refractivity contribution in [3.8, 4) is 0 Å². The number of rotatable bonds is 4. The Bertz CT molecular complexity index is 584. The predicted octanol–water partition coefficient (Wildman–Crippen LogP) is 3.09. The molecule has 3 aromatic carbocycles. The molecular formula is C19H17BrSi. The number of hydrogen-bond acceptors (Lipinski definition) is 0. The third-order valence-corrected chi connectivity index (χ3v) is 10.9. The van der Waals surface area contributed by atoms with Gasteiger partial charge in [-0.1, -0.05) is 107 Å². The van der Waals surface area contributed by atoms with Gasteiger partial charge in [-0.2, -0.15) is 0 Å². The molecule has 0 heterocycles. The van der Waals surface area contributed by atoms with Gasteiger partial charge in [0.05, 0.1) is 0 Å². The molecule has 2 heteroatoms. The molecule has 0 bridgehead atoms. The summed E-state index contributed by atoms with van der Waals surface area (Å²) in [6.07, 6.45) is 0. The van der Waals surface area contributed by atoms with Crippen molar-refractivity contribution in [3.05, 3.63) is 91.0 Å². The zero-order chi connectivity index (χ0) is 14.5.